The minimum absolute atomic E-state index is 0.126. The van der Waals surface area contributed by atoms with Crippen LogP contribution in [0.25, 0.3) is 6.08 Å². The second-order valence-electron chi connectivity index (χ2n) is 7.34. The van der Waals surface area contributed by atoms with Gasteiger partial charge in [-0.3, -0.25) is 9.59 Å². The lowest BCUT2D eigenvalue weighted by Gasteiger charge is -2.17. The molecule has 3 N–H and O–H groups in total. The number of ketones is 1. The van der Waals surface area contributed by atoms with Crippen LogP contribution in [-0.4, -0.2) is 39.8 Å². The molecular weight excluding hydrogens is 344 g/mol. The number of aliphatic hydroxyl groups is 2. The van der Waals surface area contributed by atoms with Crippen molar-refractivity contribution in [2.24, 2.45) is 11.8 Å². The normalized spacial score (nSPS) is 22.6. The van der Waals surface area contributed by atoms with Crippen molar-refractivity contribution in [1.29, 1.82) is 0 Å². The van der Waals surface area contributed by atoms with Crippen molar-refractivity contribution in [3.8, 4) is 0 Å². The van der Waals surface area contributed by atoms with E-state index in [4.69, 9.17) is 10.2 Å². The van der Waals surface area contributed by atoms with Crippen LogP contribution in [0, 0.1) is 11.8 Å². The van der Waals surface area contributed by atoms with E-state index in [-0.39, 0.29) is 37.1 Å². The first-order valence-electron chi connectivity index (χ1n) is 9.82. The molecule has 5 nitrogen and oxygen atoms in total. The van der Waals surface area contributed by atoms with Gasteiger partial charge in [-0.25, -0.2) is 0 Å². The van der Waals surface area contributed by atoms with E-state index in [0.717, 1.165) is 36.8 Å². The van der Waals surface area contributed by atoms with Crippen molar-refractivity contribution in [3.05, 3.63) is 41.5 Å². The van der Waals surface area contributed by atoms with E-state index >= 15 is 0 Å². The fraction of sp³-hybridized carbons (Fsp3) is 0.545. The van der Waals surface area contributed by atoms with Crippen molar-refractivity contribution in [3.63, 3.8) is 0 Å². The van der Waals surface area contributed by atoms with Crippen molar-refractivity contribution in [1.82, 2.24) is 0 Å². The highest BCUT2D eigenvalue weighted by atomic mass is 16.4. The third kappa shape index (κ3) is 6.92. The molecule has 1 aromatic carbocycles. The SMILES string of the molecule is O=C(O)CCCCCCC1C(=O)CC(O)C1C=Cc1ccc(CCO)cc1. The van der Waals surface area contributed by atoms with Gasteiger partial charge in [-0.15, -0.1) is 0 Å². The molecule has 0 aliphatic heterocycles. The summed E-state index contributed by atoms with van der Waals surface area (Å²) in [6.07, 6.45) is 8.39. The Morgan fingerprint density at radius 2 is 1.81 bits per heavy atom. The molecule has 5 heteroatoms. The van der Waals surface area contributed by atoms with Gasteiger partial charge in [0.15, 0.2) is 0 Å². The number of rotatable bonds is 11. The molecule has 0 amide bonds. The molecule has 1 aromatic rings. The molecule has 1 aliphatic carbocycles. The predicted molar refractivity (Wildman–Crippen MR) is 104 cm³/mol. The number of hydrogen-bond donors (Lipinski definition) is 3. The fourth-order valence-electron chi connectivity index (χ4n) is 3.73. The van der Waals surface area contributed by atoms with Gasteiger partial charge in [-0.2, -0.15) is 0 Å². The molecule has 1 aliphatic rings. The summed E-state index contributed by atoms with van der Waals surface area (Å²) in [5, 5.41) is 27.9. The average Bonchev–Trinajstić information content (AvgIpc) is 2.90. The maximum Gasteiger partial charge on any atom is 0.303 e. The lowest BCUT2D eigenvalue weighted by atomic mass is 9.88. The maximum absolute atomic E-state index is 12.2. The van der Waals surface area contributed by atoms with E-state index in [1.807, 2.05) is 36.4 Å². The Labute approximate surface area is 160 Å². The standard InChI is InChI=1S/C22H30O5/c23-14-13-17-9-7-16(8-10-17)11-12-19-18(20(24)15-21(19)25)5-3-1-2-4-6-22(26)27/h7-12,18-19,21,23,25H,1-6,13-15H2,(H,26,27). The Bertz CT molecular complexity index is 635. The molecule has 0 heterocycles. The van der Waals surface area contributed by atoms with E-state index in [9.17, 15) is 14.7 Å². The highest BCUT2D eigenvalue weighted by Gasteiger charge is 2.39. The molecule has 2 rings (SSSR count). The fourth-order valence-corrected chi connectivity index (χ4v) is 3.73. The summed E-state index contributed by atoms with van der Waals surface area (Å²) >= 11 is 0. The van der Waals surface area contributed by atoms with Crippen molar-refractivity contribution < 1.29 is 24.9 Å². The van der Waals surface area contributed by atoms with Gasteiger partial charge in [0.05, 0.1) is 6.10 Å². The van der Waals surface area contributed by atoms with Gasteiger partial charge in [-0.05, 0) is 30.4 Å². The van der Waals surface area contributed by atoms with E-state index in [2.05, 4.69) is 0 Å². The molecule has 1 saturated carbocycles. The molecule has 0 saturated heterocycles. The van der Waals surface area contributed by atoms with E-state index in [0.29, 0.717) is 12.8 Å². The number of carboxylic acids is 1. The summed E-state index contributed by atoms with van der Waals surface area (Å²) in [6.45, 7) is 0.129. The second-order valence-corrected chi connectivity index (χ2v) is 7.34. The summed E-state index contributed by atoms with van der Waals surface area (Å²) in [7, 11) is 0. The highest BCUT2D eigenvalue weighted by Crippen LogP contribution is 2.34. The van der Waals surface area contributed by atoms with Crippen LogP contribution in [-0.2, 0) is 16.0 Å². The van der Waals surface area contributed by atoms with Gasteiger partial charge in [0.1, 0.15) is 5.78 Å². The smallest absolute Gasteiger partial charge is 0.303 e. The molecule has 0 aromatic heterocycles. The number of Topliss-reactive ketones (excluding diaryl/α,β-unsaturated/α-hetero) is 1. The van der Waals surface area contributed by atoms with Gasteiger partial charge in [-0.1, -0.05) is 55.7 Å². The third-order valence-electron chi connectivity index (χ3n) is 5.28. The Morgan fingerprint density at radius 3 is 2.48 bits per heavy atom. The van der Waals surface area contributed by atoms with Gasteiger partial charge in [0, 0.05) is 31.3 Å². The van der Waals surface area contributed by atoms with Gasteiger partial charge >= 0.3 is 5.97 Å². The topological polar surface area (TPSA) is 94.8 Å². The maximum atomic E-state index is 12.2. The van der Waals surface area contributed by atoms with Crippen molar-refractivity contribution in [2.75, 3.05) is 6.61 Å². The van der Waals surface area contributed by atoms with Crippen LogP contribution in [0.3, 0.4) is 0 Å². The first kappa shape index (κ1) is 21.3. The van der Waals surface area contributed by atoms with Crippen molar-refractivity contribution >= 4 is 17.8 Å². The lowest BCUT2D eigenvalue weighted by molar-refractivity contribution is -0.137. The molecule has 0 radical (unpaired) electrons. The minimum Gasteiger partial charge on any atom is -0.481 e. The lowest BCUT2D eigenvalue weighted by Crippen LogP contribution is -2.18. The van der Waals surface area contributed by atoms with Gasteiger partial charge in [0.2, 0.25) is 0 Å². The Hall–Kier alpha value is -1.98. The van der Waals surface area contributed by atoms with Gasteiger partial charge in [0.25, 0.3) is 0 Å². The van der Waals surface area contributed by atoms with Crippen LogP contribution in [0.4, 0.5) is 0 Å². The molecular formula is C22H30O5. The van der Waals surface area contributed by atoms with Crippen LogP contribution < -0.4 is 0 Å². The number of carbonyl (C=O) groups excluding carboxylic acids is 1. The quantitative estimate of drug-likeness (QED) is 0.517. The third-order valence-corrected chi connectivity index (χ3v) is 5.28. The summed E-state index contributed by atoms with van der Waals surface area (Å²) < 4.78 is 0. The number of aliphatic hydroxyl groups excluding tert-OH is 2. The van der Waals surface area contributed by atoms with Crippen LogP contribution in [0.1, 0.15) is 56.1 Å². The van der Waals surface area contributed by atoms with Crippen molar-refractivity contribution in [2.45, 2.75) is 57.5 Å². The summed E-state index contributed by atoms with van der Waals surface area (Å²) in [5.74, 6) is -0.947. The van der Waals surface area contributed by atoms with Crippen LogP contribution in [0.5, 0.6) is 0 Å². The number of aliphatic carboxylic acids is 1. The summed E-state index contributed by atoms with van der Waals surface area (Å²) in [4.78, 5) is 22.7. The molecule has 3 unspecified atom stereocenters. The first-order chi connectivity index (χ1) is 13.0. The average molecular weight is 374 g/mol. The molecule has 0 bridgehead atoms. The zero-order valence-corrected chi connectivity index (χ0v) is 15.7. The number of carbonyl (C=O) groups is 2. The zero-order valence-electron chi connectivity index (χ0n) is 15.7. The minimum atomic E-state index is -0.765. The Kier molecular flexibility index (Phi) is 8.69. The zero-order chi connectivity index (χ0) is 19.6. The Balaban J connectivity index is 1.86. The first-order valence-corrected chi connectivity index (χ1v) is 9.82. The Morgan fingerprint density at radius 1 is 1.11 bits per heavy atom. The van der Waals surface area contributed by atoms with Crippen LogP contribution in [0.15, 0.2) is 30.3 Å². The van der Waals surface area contributed by atoms with Crippen LogP contribution in [0.2, 0.25) is 0 Å². The monoisotopic (exact) mass is 374 g/mol. The highest BCUT2D eigenvalue weighted by molar-refractivity contribution is 5.84. The second kappa shape index (κ2) is 11.0. The largest absolute Gasteiger partial charge is 0.481 e. The van der Waals surface area contributed by atoms with Crippen LogP contribution >= 0.6 is 0 Å². The van der Waals surface area contributed by atoms with E-state index < -0.39 is 12.1 Å². The number of carboxylic acid groups (broad SMARTS) is 1. The molecule has 27 heavy (non-hydrogen) atoms. The summed E-state index contributed by atoms with van der Waals surface area (Å²) in [6, 6.07) is 7.89. The number of hydrogen-bond acceptors (Lipinski definition) is 4. The predicted octanol–water partition coefficient (Wildman–Crippen LogP) is 3.23. The molecule has 3 atom stereocenters. The summed E-state index contributed by atoms with van der Waals surface area (Å²) in [5.41, 5.74) is 2.09. The van der Waals surface area contributed by atoms with Gasteiger partial charge < -0.3 is 15.3 Å². The number of benzene rings is 1. The van der Waals surface area contributed by atoms with E-state index in [1.165, 1.54) is 0 Å². The molecule has 0 spiro atoms. The molecule has 148 valence electrons. The van der Waals surface area contributed by atoms with E-state index in [1.54, 1.807) is 0 Å². The molecule has 1 fully saturated rings. The number of unbranched alkanes of at least 4 members (excludes halogenated alkanes) is 3.